The van der Waals surface area contributed by atoms with Gasteiger partial charge in [0.2, 0.25) is 5.88 Å². The molecule has 2 aromatic heterocycles. The van der Waals surface area contributed by atoms with Crippen LogP contribution < -0.4 is 9.64 Å². The lowest BCUT2D eigenvalue weighted by Gasteiger charge is -2.29. The fourth-order valence-corrected chi connectivity index (χ4v) is 5.56. The van der Waals surface area contributed by atoms with Crippen LogP contribution in [0, 0.1) is 28.1 Å². The van der Waals surface area contributed by atoms with E-state index >= 15 is 0 Å². The van der Waals surface area contributed by atoms with E-state index in [9.17, 15) is 15.3 Å². The zero-order valence-electron chi connectivity index (χ0n) is 20.6. The quantitative estimate of drug-likeness (QED) is 0.409. The number of rotatable bonds is 7. The second-order valence-corrected chi connectivity index (χ2v) is 9.85. The summed E-state index contributed by atoms with van der Waals surface area (Å²) >= 11 is 1.06. The van der Waals surface area contributed by atoms with Crippen LogP contribution in [0.25, 0.3) is 11.3 Å². The number of morpholine rings is 1. The summed E-state index contributed by atoms with van der Waals surface area (Å²) in [6.07, 6.45) is 2.11. The van der Waals surface area contributed by atoms with Crippen LogP contribution in [-0.2, 0) is 14.2 Å². The van der Waals surface area contributed by atoms with E-state index < -0.39 is 17.5 Å². The number of anilines is 1. The summed E-state index contributed by atoms with van der Waals surface area (Å²) in [7, 11) is 1.27. The van der Waals surface area contributed by atoms with E-state index in [1.54, 1.807) is 12.1 Å². The minimum absolute atomic E-state index is 0.0349. The van der Waals surface area contributed by atoms with Crippen LogP contribution in [0.3, 0.4) is 0 Å². The maximum Gasteiger partial charge on any atom is 0.348 e. The number of esters is 1. The Morgan fingerprint density at radius 1 is 1.18 bits per heavy atom. The first kappa shape index (κ1) is 25.3. The van der Waals surface area contributed by atoms with Crippen molar-refractivity contribution in [3.8, 4) is 29.3 Å². The van der Waals surface area contributed by atoms with Crippen molar-refractivity contribution in [3.05, 3.63) is 76.2 Å². The van der Waals surface area contributed by atoms with E-state index in [0.717, 1.165) is 35.7 Å². The van der Waals surface area contributed by atoms with Crippen molar-refractivity contribution in [1.29, 1.82) is 10.5 Å². The molecule has 2 aliphatic heterocycles. The first-order chi connectivity index (χ1) is 18.6. The highest BCUT2D eigenvalue weighted by Gasteiger charge is 2.46. The summed E-state index contributed by atoms with van der Waals surface area (Å²) in [5, 5.41) is 20.0. The minimum Gasteiger partial charge on any atom is -0.499 e. The Labute approximate surface area is 224 Å². The highest BCUT2D eigenvalue weighted by Crippen LogP contribution is 2.45. The molecule has 0 amide bonds. The smallest absolute Gasteiger partial charge is 0.348 e. The number of hydrogen-bond acceptors (Lipinski definition) is 10. The van der Waals surface area contributed by atoms with Gasteiger partial charge in [0.25, 0.3) is 0 Å². The third-order valence-corrected chi connectivity index (χ3v) is 7.63. The molecule has 192 valence electrons. The second kappa shape index (κ2) is 10.9. The number of pyridine rings is 1. The number of hydrogen-bond donors (Lipinski definition) is 0. The maximum atomic E-state index is 12.2. The molecule has 1 fully saturated rings. The van der Waals surface area contributed by atoms with Crippen molar-refractivity contribution in [2.24, 2.45) is 5.41 Å². The molecule has 10 heteroatoms. The molecule has 38 heavy (non-hydrogen) atoms. The number of carbonyl (C=O) groups is 1. The zero-order valence-corrected chi connectivity index (χ0v) is 21.4. The molecule has 9 nitrogen and oxygen atoms in total. The Bertz CT molecular complexity index is 1430. The number of methoxy groups -OCH3 is 1. The predicted molar refractivity (Wildman–Crippen MR) is 140 cm³/mol. The average Bonchev–Trinajstić information content (AvgIpc) is 3.64. The number of carbonyl (C=O) groups excluding carboxylic acids is 1. The van der Waals surface area contributed by atoms with Crippen LogP contribution in [0.2, 0.25) is 0 Å². The summed E-state index contributed by atoms with van der Waals surface area (Å²) in [4.78, 5) is 19.8. The molecule has 3 aromatic rings. The molecular formula is C28H24N4O5S. The van der Waals surface area contributed by atoms with Gasteiger partial charge in [-0.15, -0.1) is 11.3 Å². The lowest BCUT2D eigenvalue weighted by atomic mass is 9.83. The van der Waals surface area contributed by atoms with Gasteiger partial charge < -0.3 is 23.8 Å². The van der Waals surface area contributed by atoms with Crippen LogP contribution in [0.15, 0.2) is 60.9 Å². The van der Waals surface area contributed by atoms with Crippen LogP contribution in [0.1, 0.15) is 26.2 Å². The Morgan fingerprint density at radius 2 is 1.97 bits per heavy atom. The van der Waals surface area contributed by atoms with Gasteiger partial charge in [-0.2, -0.15) is 10.5 Å². The van der Waals surface area contributed by atoms with Crippen LogP contribution in [0.4, 0.5) is 5.69 Å². The van der Waals surface area contributed by atoms with Crippen molar-refractivity contribution in [3.63, 3.8) is 0 Å². The summed E-state index contributed by atoms with van der Waals surface area (Å²) in [5.41, 5.74) is 1.73. The van der Waals surface area contributed by atoms with Crippen molar-refractivity contribution in [2.75, 3.05) is 44.9 Å². The summed E-state index contributed by atoms with van der Waals surface area (Å²) < 4.78 is 22.0. The number of benzene rings is 1. The van der Waals surface area contributed by atoms with Crippen molar-refractivity contribution in [2.45, 2.75) is 6.10 Å². The molecule has 5 rings (SSSR count). The minimum atomic E-state index is -1.22. The average molecular weight is 529 g/mol. The third kappa shape index (κ3) is 4.92. The first-order valence-electron chi connectivity index (χ1n) is 12.0. The van der Waals surface area contributed by atoms with Crippen molar-refractivity contribution in [1.82, 2.24) is 4.98 Å². The molecular weight excluding hydrogens is 504 g/mol. The molecule has 0 saturated carbocycles. The summed E-state index contributed by atoms with van der Waals surface area (Å²) in [6, 6.07) is 19.4. The van der Waals surface area contributed by atoms with Gasteiger partial charge in [0.1, 0.15) is 17.6 Å². The largest absolute Gasteiger partial charge is 0.499 e. The fourth-order valence-electron chi connectivity index (χ4n) is 4.40. The van der Waals surface area contributed by atoms with Crippen molar-refractivity contribution >= 4 is 23.0 Å². The molecule has 2 unspecified atom stereocenters. The van der Waals surface area contributed by atoms with Gasteiger partial charge in [-0.05, 0) is 30.3 Å². The Morgan fingerprint density at radius 3 is 2.63 bits per heavy atom. The van der Waals surface area contributed by atoms with E-state index in [-0.39, 0.29) is 22.9 Å². The molecule has 2 aliphatic rings. The number of nitrogens with zero attached hydrogens (tertiary/aromatic N) is 4. The topological polar surface area (TPSA) is 118 Å². The Balaban J connectivity index is 1.47. The van der Waals surface area contributed by atoms with Gasteiger partial charge in [-0.3, -0.25) is 0 Å². The van der Waals surface area contributed by atoms with Gasteiger partial charge >= 0.3 is 5.97 Å². The molecule has 0 spiro atoms. The molecule has 0 N–H and O–H groups in total. The van der Waals surface area contributed by atoms with E-state index in [4.69, 9.17) is 23.9 Å². The number of ether oxygens (including phenoxy) is 4. The Kier molecular flexibility index (Phi) is 7.27. The van der Waals surface area contributed by atoms with Gasteiger partial charge in [-0.25, -0.2) is 9.78 Å². The summed E-state index contributed by atoms with van der Waals surface area (Å²) in [6.45, 7) is 3.17. The molecule has 4 heterocycles. The van der Waals surface area contributed by atoms with Crippen molar-refractivity contribution < 1.29 is 23.7 Å². The fraction of sp³-hybridized carbons (Fsp3) is 0.286. The van der Waals surface area contributed by atoms with Gasteiger partial charge in [0.15, 0.2) is 11.5 Å². The molecule has 1 aromatic carbocycles. The van der Waals surface area contributed by atoms with E-state index in [2.05, 4.69) is 29.2 Å². The maximum absolute atomic E-state index is 12.2. The van der Waals surface area contributed by atoms with Crippen LogP contribution in [0.5, 0.6) is 5.88 Å². The highest BCUT2D eigenvalue weighted by molar-refractivity contribution is 7.14. The first-order valence-corrected chi connectivity index (χ1v) is 12.8. The molecule has 0 bridgehead atoms. The van der Waals surface area contributed by atoms with Gasteiger partial charge in [-0.1, -0.05) is 18.2 Å². The lowest BCUT2D eigenvalue weighted by Crippen LogP contribution is -2.36. The number of nitriles is 2. The SMILES string of the molecule is COC(=O)c1cc(C#N)c(C(Oc2cccc(-c3ccc(N4CCOCC4)cc3)n2)C2(C#N)C=COC2)s1. The molecule has 0 aliphatic carbocycles. The normalized spacial score (nSPS) is 19.2. The highest BCUT2D eigenvalue weighted by atomic mass is 32.1. The third-order valence-electron chi connectivity index (χ3n) is 6.47. The number of aromatic nitrogens is 1. The molecule has 1 saturated heterocycles. The van der Waals surface area contributed by atoms with Crippen LogP contribution in [-0.4, -0.2) is 51.0 Å². The van der Waals surface area contributed by atoms with E-state index in [0.29, 0.717) is 23.8 Å². The van der Waals surface area contributed by atoms with E-state index in [1.807, 2.05) is 24.3 Å². The van der Waals surface area contributed by atoms with Crippen LogP contribution >= 0.6 is 11.3 Å². The predicted octanol–water partition coefficient (Wildman–Crippen LogP) is 4.48. The second-order valence-electron chi connectivity index (χ2n) is 8.76. The zero-order chi connectivity index (χ0) is 26.5. The molecule has 0 radical (unpaired) electrons. The number of thiophene rings is 1. The monoisotopic (exact) mass is 528 g/mol. The van der Waals surface area contributed by atoms with Gasteiger partial charge in [0, 0.05) is 30.4 Å². The Hall–Kier alpha value is -4.38. The standard InChI is InChI=1S/C28H24N4O5S/c1-34-27(33)23-15-20(16-29)25(38-23)26(28(17-30)9-12-36-18-28)37-24-4-2-3-22(31-24)19-5-7-21(8-6-19)32-10-13-35-14-11-32/h2-9,12,15,26H,10-11,13-14,18H2,1H3. The lowest BCUT2D eigenvalue weighted by molar-refractivity contribution is 0.0606. The summed E-state index contributed by atoms with van der Waals surface area (Å²) in [5.74, 6) is -0.294. The van der Waals surface area contributed by atoms with Gasteiger partial charge in [0.05, 0.1) is 48.8 Å². The molecule has 2 atom stereocenters. The van der Waals surface area contributed by atoms with E-state index in [1.165, 1.54) is 19.4 Å².